The molecule has 0 spiro atoms. The highest BCUT2D eigenvalue weighted by atomic mass is 15.2. The Morgan fingerprint density at radius 1 is 1.11 bits per heavy atom. The Labute approximate surface area is 107 Å². The third-order valence-corrected chi connectivity index (χ3v) is 3.17. The lowest BCUT2D eigenvalue weighted by molar-refractivity contribution is 1.09. The molecule has 0 aliphatic rings. The van der Waals surface area contributed by atoms with Crippen LogP contribution in [0.3, 0.4) is 0 Å². The second-order valence-corrected chi connectivity index (χ2v) is 4.32. The van der Waals surface area contributed by atoms with E-state index in [4.69, 9.17) is 5.73 Å². The Morgan fingerprint density at radius 3 is 2.89 bits per heavy atom. The minimum absolute atomic E-state index is 0.424. The van der Waals surface area contributed by atoms with Gasteiger partial charge < -0.3 is 10.7 Å². The van der Waals surface area contributed by atoms with Crippen LogP contribution < -0.4 is 5.73 Å². The van der Waals surface area contributed by atoms with E-state index >= 15 is 0 Å². The topological polar surface area (TPSA) is 96.3 Å². The number of fused-ring (bicyclic) bond motifs is 2. The predicted octanol–water partition coefficient (Wildman–Crippen LogP) is 2.08. The molecule has 19 heavy (non-hydrogen) atoms. The number of nitrogens with zero attached hydrogens (tertiary/aromatic N) is 3. The standard InChI is InChI=1S/C13H10N6/c14-12-10-11(18-19-13(10)16-6-15-12)9-5-7-3-1-2-4-8(7)17-9/h1-6,17H,(H3,14,15,16,18,19). The van der Waals surface area contributed by atoms with Gasteiger partial charge in [-0.25, -0.2) is 9.97 Å². The molecule has 4 aromatic rings. The number of benzene rings is 1. The number of nitrogen functional groups attached to an aromatic ring is 1. The number of aromatic nitrogens is 5. The molecule has 0 aliphatic heterocycles. The van der Waals surface area contributed by atoms with Crippen LogP contribution in [0.4, 0.5) is 5.82 Å². The molecule has 3 aromatic heterocycles. The first kappa shape index (κ1) is 10.1. The number of anilines is 1. The summed E-state index contributed by atoms with van der Waals surface area (Å²) in [7, 11) is 0. The SMILES string of the molecule is Nc1ncnc2[nH]nc(-c3cc4ccccc4[nH]3)c12. The third-order valence-electron chi connectivity index (χ3n) is 3.17. The molecule has 0 atom stereocenters. The van der Waals surface area contributed by atoms with Gasteiger partial charge >= 0.3 is 0 Å². The number of para-hydroxylation sites is 1. The Hall–Kier alpha value is -2.89. The van der Waals surface area contributed by atoms with E-state index in [1.807, 2.05) is 30.3 Å². The van der Waals surface area contributed by atoms with Gasteiger partial charge in [-0.2, -0.15) is 5.10 Å². The fourth-order valence-electron chi connectivity index (χ4n) is 2.28. The fraction of sp³-hybridized carbons (Fsp3) is 0. The lowest BCUT2D eigenvalue weighted by Crippen LogP contribution is -1.92. The van der Waals surface area contributed by atoms with Gasteiger partial charge in [0.05, 0.1) is 11.1 Å². The van der Waals surface area contributed by atoms with Gasteiger partial charge in [-0.05, 0) is 12.1 Å². The minimum Gasteiger partial charge on any atom is -0.383 e. The van der Waals surface area contributed by atoms with Crippen LogP contribution in [0.2, 0.25) is 0 Å². The molecule has 0 unspecified atom stereocenters. The Bertz CT molecular complexity index is 855. The van der Waals surface area contributed by atoms with Crippen molar-refractivity contribution in [2.24, 2.45) is 0 Å². The first-order valence-electron chi connectivity index (χ1n) is 5.85. The number of hydrogen-bond donors (Lipinski definition) is 3. The maximum Gasteiger partial charge on any atom is 0.161 e. The lowest BCUT2D eigenvalue weighted by atomic mass is 10.2. The maximum absolute atomic E-state index is 5.91. The average Bonchev–Trinajstić information content (AvgIpc) is 3.02. The van der Waals surface area contributed by atoms with Gasteiger partial charge in [0.25, 0.3) is 0 Å². The van der Waals surface area contributed by atoms with Crippen molar-refractivity contribution in [3.8, 4) is 11.4 Å². The molecule has 1 aromatic carbocycles. The van der Waals surface area contributed by atoms with Crippen LogP contribution in [-0.2, 0) is 0 Å². The van der Waals surface area contributed by atoms with E-state index in [-0.39, 0.29) is 0 Å². The summed E-state index contributed by atoms with van der Waals surface area (Å²) in [4.78, 5) is 11.5. The van der Waals surface area contributed by atoms with Crippen molar-refractivity contribution in [3.63, 3.8) is 0 Å². The highest BCUT2D eigenvalue weighted by Gasteiger charge is 2.14. The van der Waals surface area contributed by atoms with Crippen LogP contribution in [0.5, 0.6) is 0 Å². The molecule has 0 amide bonds. The summed E-state index contributed by atoms with van der Waals surface area (Å²) in [5.74, 6) is 0.424. The van der Waals surface area contributed by atoms with Crippen molar-refractivity contribution in [2.75, 3.05) is 5.73 Å². The fourth-order valence-corrected chi connectivity index (χ4v) is 2.28. The normalized spacial score (nSPS) is 11.4. The molecule has 6 nitrogen and oxygen atoms in total. The summed E-state index contributed by atoms with van der Waals surface area (Å²) in [5.41, 5.74) is 9.24. The van der Waals surface area contributed by atoms with Gasteiger partial charge in [-0.15, -0.1) is 0 Å². The zero-order chi connectivity index (χ0) is 12.8. The molecular weight excluding hydrogens is 240 g/mol. The first-order chi connectivity index (χ1) is 9.33. The molecule has 4 rings (SSSR count). The highest BCUT2D eigenvalue weighted by molar-refractivity contribution is 5.99. The molecule has 0 aliphatic carbocycles. The second-order valence-electron chi connectivity index (χ2n) is 4.32. The van der Waals surface area contributed by atoms with Crippen molar-refractivity contribution in [1.82, 2.24) is 25.1 Å². The van der Waals surface area contributed by atoms with E-state index in [9.17, 15) is 0 Å². The van der Waals surface area contributed by atoms with Gasteiger partial charge in [-0.1, -0.05) is 18.2 Å². The van der Waals surface area contributed by atoms with Gasteiger partial charge in [0, 0.05) is 10.9 Å². The van der Waals surface area contributed by atoms with Crippen molar-refractivity contribution in [3.05, 3.63) is 36.7 Å². The number of hydrogen-bond acceptors (Lipinski definition) is 4. The number of nitrogens with two attached hydrogens (primary N) is 1. The smallest absolute Gasteiger partial charge is 0.161 e. The zero-order valence-corrected chi connectivity index (χ0v) is 9.88. The monoisotopic (exact) mass is 250 g/mol. The lowest BCUT2D eigenvalue weighted by Gasteiger charge is -1.96. The van der Waals surface area contributed by atoms with Crippen molar-refractivity contribution in [2.45, 2.75) is 0 Å². The molecule has 92 valence electrons. The van der Waals surface area contributed by atoms with Gasteiger partial charge in [0.15, 0.2) is 5.65 Å². The summed E-state index contributed by atoms with van der Waals surface area (Å²) in [6, 6.07) is 10.1. The van der Waals surface area contributed by atoms with E-state index in [2.05, 4.69) is 25.1 Å². The van der Waals surface area contributed by atoms with Crippen LogP contribution in [0, 0.1) is 0 Å². The Kier molecular flexibility index (Phi) is 1.88. The number of nitrogens with one attached hydrogen (secondary N) is 2. The number of aromatic amines is 2. The van der Waals surface area contributed by atoms with Crippen molar-refractivity contribution in [1.29, 1.82) is 0 Å². The number of H-pyrrole nitrogens is 2. The quantitative estimate of drug-likeness (QED) is 0.482. The van der Waals surface area contributed by atoms with E-state index in [1.165, 1.54) is 6.33 Å². The minimum atomic E-state index is 0.424. The average molecular weight is 250 g/mol. The molecule has 0 fully saturated rings. The molecule has 0 saturated heterocycles. The van der Waals surface area contributed by atoms with Crippen LogP contribution in [-0.4, -0.2) is 25.1 Å². The zero-order valence-electron chi connectivity index (χ0n) is 9.88. The largest absolute Gasteiger partial charge is 0.383 e. The van der Waals surface area contributed by atoms with Crippen LogP contribution >= 0.6 is 0 Å². The van der Waals surface area contributed by atoms with E-state index in [1.54, 1.807) is 0 Å². The molecule has 3 heterocycles. The first-order valence-corrected chi connectivity index (χ1v) is 5.85. The summed E-state index contributed by atoms with van der Waals surface area (Å²) in [6.07, 6.45) is 1.42. The van der Waals surface area contributed by atoms with E-state index < -0.39 is 0 Å². The molecule has 0 saturated carbocycles. The second kappa shape index (κ2) is 3.55. The van der Waals surface area contributed by atoms with E-state index in [0.29, 0.717) is 11.5 Å². The third kappa shape index (κ3) is 1.40. The molecule has 6 heteroatoms. The van der Waals surface area contributed by atoms with Crippen molar-refractivity contribution < 1.29 is 0 Å². The van der Waals surface area contributed by atoms with Crippen LogP contribution in [0.15, 0.2) is 36.7 Å². The molecule has 4 N–H and O–H groups in total. The maximum atomic E-state index is 5.91. The Morgan fingerprint density at radius 2 is 2.00 bits per heavy atom. The van der Waals surface area contributed by atoms with Gasteiger partial charge in [0.1, 0.15) is 17.8 Å². The molecule has 0 bridgehead atoms. The van der Waals surface area contributed by atoms with Crippen molar-refractivity contribution >= 4 is 27.8 Å². The highest BCUT2D eigenvalue weighted by Crippen LogP contribution is 2.29. The van der Waals surface area contributed by atoms with Gasteiger partial charge in [-0.3, -0.25) is 5.10 Å². The van der Waals surface area contributed by atoms with Crippen LogP contribution in [0.25, 0.3) is 33.3 Å². The summed E-state index contributed by atoms with van der Waals surface area (Å²) in [6.45, 7) is 0. The molecule has 0 radical (unpaired) electrons. The Balaban J connectivity index is 2.04. The summed E-state index contributed by atoms with van der Waals surface area (Å²) >= 11 is 0. The summed E-state index contributed by atoms with van der Waals surface area (Å²) in [5, 5.41) is 9.03. The molecular formula is C13H10N6. The predicted molar refractivity (Wildman–Crippen MR) is 73.4 cm³/mol. The number of rotatable bonds is 1. The summed E-state index contributed by atoms with van der Waals surface area (Å²) < 4.78 is 0. The van der Waals surface area contributed by atoms with Crippen LogP contribution in [0.1, 0.15) is 0 Å². The van der Waals surface area contributed by atoms with Gasteiger partial charge in [0.2, 0.25) is 0 Å². The van der Waals surface area contributed by atoms with E-state index in [0.717, 1.165) is 27.7 Å².